The number of aromatic hydroxyl groups is 1. The number of phenols is 1. The van der Waals surface area contributed by atoms with Gasteiger partial charge in [-0.1, -0.05) is 6.42 Å². The summed E-state index contributed by atoms with van der Waals surface area (Å²) in [6.07, 6.45) is 3.88. The van der Waals surface area contributed by atoms with E-state index in [-0.39, 0.29) is 17.5 Å². The van der Waals surface area contributed by atoms with E-state index in [1.807, 2.05) is 0 Å². The molecule has 11 nitrogen and oxygen atoms in total. The molecular weight excluding hydrogens is 448 g/mol. The highest BCUT2D eigenvalue weighted by molar-refractivity contribution is 9.10. The molecule has 156 valence electrons. The van der Waals surface area contributed by atoms with E-state index in [9.17, 15) is 19.5 Å². The number of ether oxygens (including phenoxy) is 1. The van der Waals surface area contributed by atoms with E-state index in [1.165, 1.54) is 13.3 Å². The van der Waals surface area contributed by atoms with E-state index < -0.39 is 11.2 Å². The lowest BCUT2D eigenvalue weighted by molar-refractivity contribution is -0.121. The maximum Gasteiger partial charge on any atom is 0.342 e. The fourth-order valence-corrected chi connectivity index (χ4v) is 2.78. The van der Waals surface area contributed by atoms with Crippen LogP contribution in [-0.2, 0) is 4.79 Å². The van der Waals surface area contributed by atoms with Gasteiger partial charge in [-0.3, -0.25) is 14.6 Å². The van der Waals surface area contributed by atoms with Gasteiger partial charge in [-0.25, -0.2) is 15.3 Å². The molecule has 2 rings (SSSR count). The largest absolute Gasteiger partial charge is 0.503 e. The Bertz CT molecular complexity index is 987. The van der Waals surface area contributed by atoms with Crippen LogP contribution in [0.25, 0.3) is 0 Å². The monoisotopic (exact) mass is 468 g/mol. The molecule has 0 aliphatic carbocycles. The zero-order valence-corrected chi connectivity index (χ0v) is 17.2. The number of hydrazone groups is 1. The minimum absolute atomic E-state index is 0.0101. The van der Waals surface area contributed by atoms with Crippen molar-refractivity contribution in [2.45, 2.75) is 25.7 Å². The van der Waals surface area contributed by atoms with Crippen LogP contribution in [0.15, 0.2) is 31.3 Å². The smallest absolute Gasteiger partial charge is 0.342 e. The molecule has 1 aromatic carbocycles. The molecule has 0 saturated carbocycles. The van der Waals surface area contributed by atoms with Crippen LogP contribution in [0.5, 0.6) is 11.5 Å². The Kier molecular flexibility index (Phi) is 8.40. The summed E-state index contributed by atoms with van der Waals surface area (Å²) in [5, 5.41) is 22.2. The molecule has 5 N–H and O–H groups in total. The number of H-pyrrole nitrogens is 2. The van der Waals surface area contributed by atoms with Gasteiger partial charge < -0.3 is 15.2 Å². The summed E-state index contributed by atoms with van der Waals surface area (Å²) >= 11 is 3.21. The highest BCUT2D eigenvalue weighted by Gasteiger charge is 2.07. The Morgan fingerprint density at radius 1 is 1.34 bits per heavy atom. The summed E-state index contributed by atoms with van der Waals surface area (Å²) < 4.78 is 5.50. The fourth-order valence-electron chi connectivity index (χ4n) is 2.32. The van der Waals surface area contributed by atoms with Crippen LogP contribution in [-0.4, -0.2) is 46.1 Å². The normalized spacial score (nSPS) is 10.8. The van der Waals surface area contributed by atoms with Crippen LogP contribution in [0, 0.1) is 0 Å². The number of aromatic nitrogens is 3. The SMILES string of the molecule is COc1cc(C=NNC(=O)CCCCCNc2n[nH]c(=O)[nH]c2=O)cc(Br)c1O. The molecule has 0 saturated heterocycles. The molecule has 1 aromatic heterocycles. The van der Waals surface area contributed by atoms with Crippen LogP contribution in [0.2, 0.25) is 0 Å². The van der Waals surface area contributed by atoms with Crippen molar-refractivity contribution in [3.63, 3.8) is 0 Å². The van der Waals surface area contributed by atoms with Crippen LogP contribution in [0.3, 0.4) is 0 Å². The number of amides is 1. The van der Waals surface area contributed by atoms with E-state index in [2.05, 4.69) is 47.0 Å². The zero-order valence-electron chi connectivity index (χ0n) is 15.6. The number of nitrogens with zero attached hydrogens (tertiary/aromatic N) is 2. The minimum Gasteiger partial charge on any atom is -0.503 e. The number of hydrogen-bond acceptors (Lipinski definition) is 8. The number of unbranched alkanes of at least 4 members (excludes halogenated alkanes) is 2. The van der Waals surface area contributed by atoms with Gasteiger partial charge in [0.05, 0.1) is 17.8 Å². The average Bonchev–Trinajstić information content (AvgIpc) is 2.68. The molecule has 0 unspecified atom stereocenters. The second-order valence-electron chi connectivity index (χ2n) is 5.94. The van der Waals surface area contributed by atoms with E-state index in [0.717, 1.165) is 12.8 Å². The van der Waals surface area contributed by atoms with Crippen molar-refractivity contribution in [1.82, 2.24) is 20.6 Å². The maximum atomic E-state index is 11.8. The van der Waals surface area contributed by atoms with Gasteiger partial charge in [0.25, 0.3) is 5.56 Å². The molecule has 29 heavy (non-hydrogen) atoms. The molecule has 0 spiro atoms. The Balaban J connectivity index is 1.66. The highest BCUT2D eigenvalue weighted by atomic mass is 79.9. The summed E-state index contributed by atoms with van der Waals surface area (Å²) in [6, 6.07) is 3.23. The fraction of sp³-hybridized carbons (Fsp3) is 0.353. The van der Waals surface area contributed by atoms with Crippen LogP contribution in [0.4, 0.5) is 5.82 Å². The lowest BCUT2D eigenvalue weighted by atomic mass is 10.2. The van der Waals surface area contributed by atoms with Gasteiger partial charge in [-0.15, -0.1) is 5.10 Å². The van der Waals surface area contributed by atoms with Gasteiger partial charge >= 0.3 is 5.69 Å². The minimum atomic E-state index is -0.661. The summed E-state index contributed by atoms with van der Waals surface area (Å²) in [7, 11) is 1.44. The van der Waals surface area contributed by atoms with Gasteiger partial charge in [-0.05, 0) is 46.5 Å². The number of aromatic amines is 2. The van der Waals surface area contributed by atoms with Gasteiger partial charge in [0.2, 0.25) is 11.7 Å². The lowest BCUT2D eigenvalue weighted by Crippen LogP contribution is -2.27. The van der Waals surface area contributed by atoms with Crippen LogP contribution < -0.4 is 26.7 Å². The van der Waals surface area contributed by atoms with E-state index in [4.69, 9.17) is 4.74 Å². The first-order valence-electron chi connectivity index (χ1n) is 8.72. The molecular formula is C17H21BrN6O5. The van der Waals surface area contributed by atoms with E-state index in [1.54, 1.807) is 12.1 Å². The van der Waals surface area contributed by atoms with E-state index >= 15 is 0 Å². The van der Waals surface area contributed by atoms with Gasteiger partial charge in [0.15, 0.2) is 11.5 Å². The first kappa shape index (κ1) is 22.1. The van der Waals surface area contributed by atoms with Crippen LogP contribution >= 0.6 is 15.9 Å². The third-order valence-electron chi connectivity index (χ3n) is 3.76. The van der Waals surface area contributed by atoms with Crippen molar-refractivity contribution < 1.29 is 14.6 Å². The second kappa shape index (κ2) is 11.0. The van der Waals surface area contributed by atoms with Crippen molar-refractivity contribution in [3.05, 3.63) is 43.0 Å². The number of halogens is 1. The third kappa shape index (κ3) is 7.07. The summed E-state index contributed by atoms with van der Waals surface area (Å²) in [5.41, 5.74) is 1.84. The molecule has 0 atom stereocenters. The van der Waals surface area contributed by atoms with Gasteiger partial charge in [-0.2, -0.15) is 5.10 Å². The van der Waals surface area contributed by atoms with E-state index in [0.29, 0.717) is 35.2 Å². The maximum absolute atomic E-state index is 11.8. The number of nitrogens with one attached hydrogen (secondary N) is 4. The average molecular weight is 469 g/mol. The third-order valence-corrected chi connectivity index (χ3v) is 4.36. The first-order chi connectivity index (χ1) is 13.9. The number of benzene rings is 1. The van der Waals surface area contributed by atoms with Crippen molar-refractivity contribution >= 4 is 33.9 Å². The van der Waals surface area contributed by atoms with Crippen LogP contribution in [0.1, 0.15) is 31.2 Å². The van der Waals surface area contributed by atoms with Gasteiger partial charge in [0, 0.05) is 13.0 Å². The lowest BCUT2D eigenvalue weighted by Gasteiger charge is -2.06. The number of phenolic OH excluding ortho intramolecular Hbond substituents is 1. The number of carbonyl (C=O) groups excluding carboxylic acids is 1. The quantitative estimate of drug-likeness (QED) is 0.197. The number of carbonyl (C=O) groups is 1. The summed E-state index contributed by atoms with van der Waals surface area (Å²) in [4.78, 5) is 36.2. The molecule has 2 aromatic rings. The Hall–Kier alpha value is -3.15. The molecule has 1 heterocycles. The highest BCUT2D eigenvalue weighted by Crippen LogP contribution is 2.34. The summed E-state index contributed by atoms with van der Waals surface area (Å²) in [5.74, 6) is 0.107. The van der Waals surface area contributed by atoms with Crippen molar-refractivity contribution in [3.8, 4) is 11.5 Å². The number of hydrogen-bond donors (Lipinski definition) is 5. The van der Waals surface area contributed by atoms with Crippen molar-refractivity contribution in [2.24, 2.45) is 5.10 Å². The van der Waals surface area contributed by atoms with Crippen molar-refractivity contribution in [2.75, 3.05) is 19.0 Å². The molecule has 0 bridgehead atoms. The summed E-state index contributed by atoms with van der Waals surface area (Å²) in [6.45, 7) is 0.486. The molecule has 0 aliphatic rings. The zero-order chi connectivity index (χ0) is 21.2. The molecule has 0 radical (unpaired) electrons. The molecule has 0 aliphatic heterocycles. The number of rotatable bonds is 10. The second-order valence-corrected chi connectivity index (χ2v) is 6.79. The topological polar surface area (TPSA) is 162 Å². The Morgan fingerprint density at radius 2 is 2.14 bits per heavy atom. The predicted octanol–water partition coefficient (Wildman–Crippen LogP) is 1.06. The van der Waals surface area contributed by atoms with Gasteiger partial charge in [0.1, 0.15) is 0 Å². The Morgan fingerprint density at radius 3 is 2.86 bits per heavy atom. The van der Waals surface area contributed by atoms with Crippen molar-refractivity contribution in [1.29, 1.82) is 0 Å². The first-order valence-corrected chi connectivity index (χ1v) is 9.51. The predicted molar refractivity (Wildman–Crippen MR) is 111 cm³/mol. The molecule has 0 fully saturated rings. The molecule has 1 amide bonds. The number of anilines is 1. The number of methoxy groups -OCH3 is 1. The molecule has 12 heteroatoms. The Labute approximate surface area is 173 Å². The standard InChI is InChI=1S/C17H21BrN6O5/c1-29-12-8-10(7-11(18)14(12)26)9-20-22-13(25)5-3-2-4-6-19-15-16(27)21-17(28)24-23-15/h7-9,26H,2-6H2,1H3,(H,19,23)(H,22,25)(H2,21,24,27,28).